The van der Waals surface area contributed by atoms with Crippen molar-refractivity contribution in [1.82, 2.24) is 5.32 Å². The zero-order chi connectivity index (χ0) is 41.8. The third-order valence-electron chi connectivity index (χ3n) is 8.96. The Balaban J connectivity index is 2.38. The molecule has 11 heteroatoms. The summed E-state index contributed by atoms with van der Waals surface area (Å²) < 4.78 is 36.2. The summed E-state index contributed by atoms with van der Waals surface area (Å²) >= 11 is -3.24. The van der Waals surface area contributed by atoms with Gasteiger partial charge >= 0.3 is 317 Å². The van der Waals surface area contributed by atoms with Gasteiger partial charge in [0.1, 0.15) is 0 Å². The van der Waals surface area contributed by atoms with Crippen molar-refractivity contribution in [3.05, 3.63) is 53.1 Å². The molecule has 0 aliphatic carbocycles. The van der Waals surface area contributed by atoms with Gasteiger partial charge in [-0.3, -0.25) is 0 Å². The molecule has 2 atom stereocenters. The van der Waals surface area contributed by atoms with Crippen LogP contribution in [0.15, 0.2) is 36.4 Å². The average molecular weight is 877 g/mol. The number of nitrogens with one attached hydrogen (secondary N) is 1. The summed E-state index contributed by atoms with van der Waals surface area (Å²) in [6.45, 7) is 28.1. The van der Waals surface area contributed by atoms with Crippen molar-refractivity contribution < 1.29 is 42.8 Å². The molecule has 0 fully saturated rings. The average Bonchev–Trinajstić information content (AvgIpc) is 3.01. The van der Waals surface area contributed by atoms with Crippen LogP contribution in [0.2, 0.25) is 14.3 Å². The predicted molar refractivity (Wildman–Crippen MR) is 222 cm³/mol. The first-order valence-corrected chi connectivity index (χ1v) is 28.8. The van der Waals surface area contributed by atoms with Gasteiger partial charge in [-0.15, -0.1) is 0 Å². The van der Waals surface area contributed by atoms with Crippen LogP contribution in [0.4, 0.5) is 9.59 Å². The molecule has 0 bridgehead atoms. The number of carbonyl (C=O) groups excluding carboxylic acids is 3. The molecule has 1 amide bonds. The van der Waals surface area contributed by atoms with E-state index in [1.54, 1.807) is 53.7 Å². The van der Waals surface area contributed by atoms with E-state index in [9.17, 15) is 14.4 Å². The number of rotatable bonds is 18. The normalized spacial score (nSPS) is 13.8. The number of hydrogen-bond acceptors (Lipinski definition) is 9. The second-order valence-corrected chi connectivity index (χ2v) is 33.1. The first kappa shape index (κ1) is 48.3. The van der Waals surface area contributed by atoms with Crippen LogP contribution in [0, 0.1) is 10.8 Å². The monoisotopic (exact) mass is 877 g/mol. The van der Waals surface area contributed by atoms with Gasteiger partial charge < -0.3 is 0 Å². The van der Waals surface area contributed by atoms with E-state index in [1.165, 1.54) is 5.56 Å². The van der Waals surface area contributed by atoms with Crippen molar-refractivity contribution >= 4 is 40.7 Å². The number of carbonyl (C=O) groups is 3. The van der Waals surface area contributed by atoms with Crippen LogP contribution in [-0.4, -0.2) is 74.2 Å². The minimum absolute atomic E-state index is 0.0174. The quantitative estimate of drug-likeness (QED) is 0.0513. The first-order valence-electron chi connectivity index (χ1n) is 19.7. The van der Waals surface area contributed by atoms with Crippen molar-refractivity contribution in [3.8, 4) is 11.5 Å². The molecular weight excluding hydrogens is 805 g/mol. The molecule has 2 aromatic carbocycles. The Bertz CT molecular complexity index is 1530. The number of amides is 1. The van der Waals surface area contributed by atoms with Gasteiger partial charge in [0.2, 0.25) is 0 Å². The van der Waals surface area contributed by atoms with Gasteiger partial charge in [0.15, 0.2) is 0 Å². The van der Waals surface area contributed by atoms with Gasteiger partial charge in [0, 0.05) is 0 Å². The molecule has 310 valence electrons. The van der Waals surface area contributed by atoms with Crippen LogP contribution in [-0.2, 0) is 36.8 Å². The minimum atomic E-state index is -3.24. The molecule has 0 aromatic heterocycles. The molecule has 0 radical (unpaired) electrons. The van der Waals surface area contributed by atoms with Crippen LogP contribution in [0.3, 0.4) is 0 Å². The Morgan fingerprint density at radius 2 is 1.35 bits per heavy atom. The van der Waals surface area contributed by atoms with Gasteiger partial charge in [0.25, 0.3) is 0 Å². The van der Waals surface area contributed by atoms with Gasteiger partial charge in [-0.25, -0.2) is 0 Å². The molecule has 1 N–H and O–H groups in total. The fraction of sp³-hybridized carbons (Fsp3) is 0.659. The van der Waals surface area contributed by atoms with Gasteiger partial charge in [-0.05, 0) is 0 Å². The molecule has 0 spiro atoms. The predicted octanol–water partition coefficient (Wildman–Crippen LogP) is 10.1. The Labute approximate surface area is 335 Å². The summed E-state index contributed by atoms with van der Waals surface area (Å²) in [5.41, 5.74) is 2.16. The molecule has 2 aromatic rings. The SMILES string of the molecule is CCOCC(Cc1cc(OC(=O)OC(C)(C)C)c(OC(=O)OC(C)(C)C)c[c]1[Sn]([CH3])([CH3])[CH2]CCOCc1ccc(C(CC(C)(C)C)C(C)(C)C)cc1)NC=O. The van der Waals surface area contributed by atoms with Crippen LogP contribution < -0.4 is 18.4 Å². The molecule has 2 rings (SSSR count). The molecular formula is C44H71NO9Sn. The fourth-order valence-corrected chi connectivity index (χ4v) is 14.6. The van der Waals surface area contributed by atoms with Crippen LogP contribution in [0.25, 0.3) is 0 Å². The fourth-order valence-electron chi connectivity index (χ4n) is 6.39. The Morgan fingerprint density at radius 3 is 1.82 bits per heavy atom. The summed E-state index contributed by atoms with van der Waals surface area (Å²) in [5.74, 6) is 0.534. The van der Waals surface area contributed by atoms with E-state index >= 15 is 0 Å². The van der Waals surface area contributed by atoms with Crippen LogP contribution in [0.1, 0.15) is 125 Å². The second kappa shape index (κ2) is 20.5. The molecule has 2 unspecified atom stereocenters. The summed E-state index contributed by atoms with van der Waals surface area (Å²) in [4.78, 5) is 42.1. The topological polar surface area (TPSA) is 119 Å². The molecule has 0 heterocycles. The van der Waals surface area contributed by atoms with Gasteiger partial charge in [-0.1, -0.05) is 20.8 Å². The maximum absolute atomic E-state index is 13.0. The van der Waals surface area contributed by atoms with Gasteiger partial charge in [0.05, 0.1) is 0 Å². The first-order chi connectivity index (χ1) is 25.2. The van der Waals surface area contributed by atoms with E-state index < -0.39 is 41.9 Å². The zero-order valence-corrected chi connectivity index (χ0v) is 39.4. The van der Waals surface area contributed by atoms with Crippen molar-refractivity contribution in [2.45, 2.75) is 153 Å². The van der Waals surface area contributed by atoms with Crippen molar-refractivity contribution in [2.24, 2.45) is 10.8 Å². The Morgan fingerprint density at radius 1 is 0.800 bits per heavy atom. The molecule has 10 nitrogen and oxygen atoms in total. The van der Waals surface area contributed by atoms with E-state index in [0.29, 0.717) is 45.2 Å². The van der Waals surface area contributed by atoms with E-state index in [-0.39, 0.29) is 28.4 Å². The Hall–Kier alpha value is -2.83. The van der Waals surface area contributed by atoms with E-state index in [0.717, 1.165) is 32.0 Å². The number of ether oxygens (including phenoxy) is 6. The van der Waals surface area contributed by atoms with Crippen LogP contribution >= 0.6 is 0 Å². The number of hydrogen-bond donors (Lipinski definition) is 1. The standard InChI is InChI=1S/C22H32NO8.C20H33O.2CH3.Sn/c1-8-27-13-16(23-14-24)11-15-9-10-17(28-19(25)30-21(2,3)4)18(12-15)29-20(26)31-22(5,6)7;1-8-13-21-15-16-9-11-17(12-10-16)18(20(5,6)7)14-19(2,3)4;;;/h10,12,14,16H,8,11,13H2,1-7H3,(H,23,24);9-12,18H,1,8,13-15H2,2-7H3;2*1H3;. The number of benzene rings is 2. The van der Waals surface area contributed by atoms with Gasteiger partial charge in [-0.2, -0.15) is 0 Å². The zero-order valence-electron chi connectivity index (χ0n) is 36.5. The Kier molecular flexibility index (Phi) is 18.1. The molecule has 0 aliphatic rings. The second-order valence-electron chi connectivity index (χ2n) is 19.4. The maximum atomic E-state index is 13.0. The van der Waals surface area contributed by atoms with Crippen molar-refractivity contribution in [2.75, 3.05) is 19.8 Å². The molecule has 0 saturated carbocycles. The summed E-state index contributed by atoms with van der Waals surface area (Å²) in [7, 11) is 0. The molecule has 0 aliphatic heterocycles. The third-order valence-corrected chi connectivity index (χ3v) is 19.0. The van der Waals surface area contributed by atoms with E-state index in [1.807, 2.05) is 6.92 Å². The van der Waals surface area contributed by atoms with E-state index in [2.05, 4.69) is 81.0 Å². The summed E-state index contributed by atoms with van der Waals surface area (Å²) in [5, 5.41) is 2.87. The van der Waals surface area contributed by atoms with Crippen molar-refractivity contribution in [3.63, 3.8) is 0 Å². The molecule has 0 saturated heterocycles. The van der Waals surface area contributed by atoms with Crippen LogP contribution in [0.5, 0.6) is 11.5 Å². The summed E-state index contributed by atoms with van der Waals surface area (Å²) in [6.07, 6.45) is 1.16. The third kappa shape index (κ3) is 18.3. The van der Waals surface area contributed by atoms with Crippen molar-refractivity contribution in [1.29, 1.82) is 0 Å². The molecule has 55 heavy (non-hydrogen) atoms. The van der Waals surface area contributed by atoms with E-state index in [4.69, 9.17) is 28.4 Å². The summed E-state index contributed by atoms with van der Waals surface area (Å²) in [6, 6.07) is 12.1.